The normalized spacial score (nSPS) is 25.4. The zero-order valence-electron chi connectivity index (χ0n) is 11.2. The van der Waals surface area contributed by atoms with Gasteiger partial charge in [-0.15, -0.1) is 0 Å². The molecule has 2 aliphatic rings. The topological polar surface area (TPSA) is 72.4 Å². The van der Waals surface area contributed by atoms with E-state index >= 15 is 0 Å². The predicted octanol–water partition coefficient (Wildman–Crippen LogP) is 1.97. The smallest absolute Gasteiger partial charge is 0.256 e. The highest BCUT2D eigenvalue weighted by atomic mass is 16.5. The van der Waals surface area contributed by atoms with Gasteiger partial charge in [0.25, 0.3) is 5.54 Å². The summed E-state index contributed by atoms with van der Waals surface area (Å²) in [7, 11) is 0. The zero-order chi connectivity index (χ0) is 14.2. The third kappa shape index (κ3) is 1.54. The molecule has 1 aromatic rings. The molecule has 0 unspecified atom stereocenters. The van der Waals surface area contributed by atoms with Gasteiger partial charge in [-0.25, -0.2) is 0 Å². The minimum absolute atomic E-state index is 0.0768. The molecule has 0 amide bonds. The van der Waals surface area contributed by atoms with Crippen LogP contribution in [-0.2, 0) is 4.74 Å². The van der Waals surface area contributed by atoms with Crippen LogP contribution >= 0.6 is 0 Å². The number of hydrogen-bond acceptors (Lipinski definition) is 5. The van der Waals surface area contributed by atoms with E-state index < -0.39 is 11.6 Å². The molecular weight excluding hydrogens is 252 g/mol. The standard InChI is InChI=1S/C15H14N4O/c1-2-20-14-7-13-12-6-4-3-5-11(12)8-18-19(13)15(14,9-16)10-17/h3-6,8,13-14H,2,7H2,1H3/t13-,14+/m1/s1. The van der Waals surface area contributed by atoms with Crippen molar-refractivity contribution in [2.75, 3.05) is 6.61 Å². The lowest BCUT2D eigenvalue weighted by molar-refractivity contribution is 0.0265. The molecule has 1 fully saturated rings. The van der Waals surface area contributed by atoms with E-state index in [1.807, 2.05) is 31.2 Å². The molecule has 0 radical (unpaired) electrons. The highest BCUT2D eigenvalue weighted by Crippen LogP contribution is 2.46. The molecule has 0 N–H and O–H groups in total. The van der Waals surface area contributed by atoms with Crippen LogP contribution in [0.2, 0.25) is 0 Å². The van der Waals surface area contributed by atoms with Gasteiger partial charge >= 0.3 is 0 Å². The van der Waals surface area contributed by atoms with Gasteiger partial charge in [-0.3, -0.25) is 5.01 Å². The largest absolute Gasteiger partial charge is 0.374 e. The molecule has 2 heterocycles. The highest BCUT2D eigenvalue weighted by Gasteiger charge is 2.57. The van der Waals surface area contributed by atoms with Gasteiger partial charge < -0.3 is 4.74 Å². The van der Waals surface area contributed by atoms with Crippen LogP contribution < -0.4 is 0 Å². The van der Waals surface area contributed by atoms with Crippen LogP contribution in [0.4, 0.5) is 0 Å². The number of rotatable bonds is 2. The lowest BCUT2D eigenvalue weighted by Crippen LogP contribution is -2.47. The summed E-state index contributed by atoms with van der Waals surface area (Å²) in [5.41, 5.74) is 0.792. The molecule has 1 aromatic carbocycles. The van der Waals surface area contributed by atoms with Crippen molar-refractivity contribution in [3.05, 3.63) is 35.4 Å². The quantitative estimate of drug-likeness (QED) is 0.820. The third-order valence-electron chi connectivity index (χ3n) is 3.94. The SMILES string of the molecule is CCO[C@H]1C[C@@H]2c3ccccc3C=NN2C1(C#N)C#N. The summed E-state index contributed by atoms with van der Waals surface area (Å²) in [6.07, 6.45) is 1.86. The number of nitrogens with zero attached hydrogens (tertiary/aromatic N) is 4. The van der Waals surface area contributed by atoms with E-state index in [2.05, 4.69) is 17.2 Å². The lowest BCUT2D eigenvalue weighted by Gasteiger charge is -2.33. The van der Waals surface area contributed by atoms with Gasteiger partial charge in [-0.2, -0.15) is 15.6 Å². The Bertz CT molecular complexity index is 626. The molecule has 0 aromatic heterocycles. The number of hydrogen-bond donors (Lipinski definition) is 0. The maximum atomic E-state index is 9.53. The van der Waals surface area contributed by atoms with Gasteiger partial charge in [0.2, 0.25) is 0 Å². The van der Waals surface area contributed by atoms with Crippen molar-refractivity contribution in [2.24, 2.45) is 5.10 Å². The zero-order valence-corrected chi connectivity index (χ0v) is 11.2. The monoisotopic (exact) mass is 266 g/mol. The molecule has 20 heavy (non-hydrogen) atoms. The number of ether oxygens (including phenoxy) is 1. The average Bonchev–Trinajstić information content (AvgIpc) is 2.82. The summed E-state index contributed by atoms with van der Waals surface area (Å²) in [5, 5.41) is 25.0. The Labute approximate surface area is 117 Å². The molecule has 2 aliphatic heterocycles. The van der Waals surface area contributed by atoms with E-state index in [4.69, 9.17) is 4.74 Å². The number of benzene rings is 1. The average molecular weight is 266 g/mol. The Hall–Kier alpha value is -2.37. The molecule has 1 saturated heterocycles. The van der Waals surface area contributed by atoms with E-state index in [1.54, 1.807) is 11.2 Å². The number of nitriles is 2. The van der Waals surface area contributed by atoms with Crippen molar-refractivity contribution >= 4 is 6.21 Å². The third-order valence-corrected chi connectivity index (χ3v) is 3.94. The first-order chi connectivity index (χ1) is 9.76. The minimum Gasteiger partial charge on any atom is -0.374 e. The fraction of sp³-hybridized carbons (Fsp3) is 0.400. The second-order valence-corrected chi connectivity index (χ2v) is 4.90. The van der Waals surface area contributed by atoms with Crippen molar-refractivity contribution in [3.63, 3.8) is 0 Å². The van der Waals surface area contributed by atoms with Crippen LogP contribution in [0.25, 0.3) is 0 Å². The summed E-state index contributed by atoms with van der Waals surface area (Å²) >= 11 is 0. The summed E-state index contributed by atoms with van der Waals surface area (Å²) < 4.78 is 5.65. The van der Waals surface area contributed by atoms with Crippen molar-refractivity contribution < 1.29 is 4.74 Å². The fourth-order valence-corrected chi connectivity index (χ4v) is 3.01. The Morgan fingerprint density at radius 1 is 1.40 bits per heavy atom. The lowest BCUT2D eigenvalue weighted by atomic mass is 9.96. The maximum Gasteiger partial charge on any atom is 0.256 e. The van der Waals surface area contributed by atoms with Crippen molar-refractivity contribution in [3.8, 4) is 12.1 Å². The fourth-order valence-electron chi connectivity index (χ4n) is 3.01. The Balaban J connectivity index is 2.09. The first kappa shape index (κ1) is 12.7. The van der Waals surface area contributed by atoms with E-state index in [0.29, 0.717) is 13.0 Å². The molecule has 2 atom stereocenters. The Kier molecular flexibility index (Phi) is 2.93. The number of hydrazone groups is 1. The number of fused-ring (bicyclic) bond motifs is 3. The van der Waals surface area contributed by atoms with Gasteiger partial charge in [-0.05, 0) is 18.1 Å². The molecule has 0 saturated carbocycles. The van der Waals surface area contributed by atoms with Gasteiger partial charge in [0.05, 0.1) is 12.3 Å². The van der Waals surface area contributed by atoms with Crippen LogP contribution in [0.3, 0.4) is 0 Å². The van der Waals surface area contributed by atoms with Crippen molar-refractivity contribution in [2.45, 2.75) is 31.0 Å². The summed E-state index contributed by atoms with van der Waals surface area (Å²) in [6.45, 7) is 2.34. The van der Waals surface area contributed by atoms with E-state index in [9.17, 15) is 10.5 Å². The van der Waals surface area contributed by atoms with Gasteiger partial charge in [0.15, 0.2) is 0 Å². The van der Waals surface area contributed by atoms with E-state index in [1.165, 1.54) is 0 Å². The van der Waals surface area contributed by atoms with Crippen LogP contribution in [0.15, 0.2) is 29.4 Å². The molecule has 0 bridgehead atoms. The Morgan fingerprint density at radius 3 is 2.85 bits per heavy atom. The van der Waals surface area contributed by atoms with Crippen molar-refractivity contribution in [1.82, 2.24) is 5.01 Å². The summed E-state index contributed by atoms with van der Waals surface area (Å²) in [6, 6.07) is 12.1. The van der Waals surface area contributed by atoms with E-state index in [0.717, 1.165) is 11.1 Å². The Morgan fingerprint density at radius 2 is 2.15 bits per heavy atom. The second-order valence-electron chi connectivity index (χ2n) is 4.90. The molecule has 0 spiro atoms. The molecule has 100 valence electrons. The first-order valence-electron chi connectivity index (χ1n) is 6.63. The van der Waals surface area contributed by atoms with Gasteiger partial charge in [0, 0.05) is 13.0 Å². The minimum atomic E-state index is -1.34. The van der Waals surface area contributed by atoms with Crippen LogP contribution in [0.1, 0.15) is 30.5 Å². The summed E-state index contributed by atoms with van der Waals surface area (Å²) in [5.74, 6) is 0. The van der Waals surface area contributed by atoms with Gasteiger partial charge in [-0.1, -0.05) is 24.3 Å². The van der Waals surface area contributed by atoms with Crippen LogP contribution in [0.5, 0.6) is 0 Å². The molecule has 3 rings (SSSR count). The second kappa shape index (κ2) is 4.63. The molecule has 5 heteroatoms. The van der Waals surface area contributed by atoms with Gasteiger partial charge in [0.1, 0.15) is 18.2 Å². The molecule has 0 aliphatic carbocycles. The van der Waals surface area contributed by atoms with Crippen LogP contribution in [-0.4, -0.2) is 29.5 Å². The predicted molar refractivity (Wildman–Crippen MR) is 72.6 cm³/mol. The highest BCUT2D eigenvalue weighted by molar-refractivity contribution is 5.83. The summed E-state index contributed by atoms with van der Waals surface area (Å²) in [4.78, 5) is 0. The maximum absolute atomic E-state index is 9.53. The van der Waals surface area contributed by atoms with Crippen molar-refractivity contribution in [1.29, 1.82) is 10.5 Å². The first-order valence-corrected chi connectivity index (χ1v) is 6.63. The van der Waals surface area contributed by atoms with Crippen LogP contribution in [0, 0.1) is 22.7 Å². The molecule has 5 nitrogen and oxygen atoms in total. The van der Waals surface area contributed by atoms with E-state index in [-0.39, 0.29) is 6.04 Å². The molecular formula is C15H14N4O.